The predicted molar refractivity (Wildman–Crippen MR) is 111 cm³/mol. The van der Waals surface area contributed by atoms with Crippen LogP contribution in [0.4, 0.5) is 0 Å². The Morgan fingerprint density at radius 2 is 1.82 bits per heavy atom. The van der Waals surface area contributed by atoms with E-state index in [-0.39, 0.29) is 17.0 Å². The third-order valence-corrected chi connectivity index (χ3v) is 5.38. The summed E-state index contributed by atoms with van der Waals surface area (Å²) in [5, 5.41) is 16.4. The molecule has 0 spiro atoms. The number of aryl methyl sites for hydroxylation is 2. The smallest absolute Gasteiger partial charge is 0.254 e. The lowest BCUT2D eigenvalue weighted by atomic mass is 9.89. The first-order valence-electron chi connectivity index (χ1n) is 8.93. The van der Waals surface area contributed by atoms with Crippen LogP contribution in [0.5, 0.6) is 0 Å². The summed E-state index contributed by atoms with van der Waals surface area (Å²) in [5.41, 5.74) is 10.9. The van der Waals surface area contributed by atoms with E-state index in [1.54, 1.807) is 18.2 Å². The second kappa shape index (κ2) is 7.87. The lowest BCUT2D eigenvalue weighted by molar-refractivity contribution is 0.0601. The maximum absolute atomic E-state index is 13.0. The van der Waals surface area contributed by atoms with Crippen LogP contribution in [-0.2, 0) is 0 Å². The first-order valence-corrected chi connectivity index (χ1v) is 9.30. The molecule has 0 radical (unpaired) electrons. The van der Waals surface area contributed by atoms with Gasteiger partial charge >= 0.3 is 0 Å². The third kappa shape index (κ3) is 3.64. The van der Waals surface area contributed by atoms with E-state index in [2.05, 4.69) is 6.07 Å². The van der Waals surface area contributed by atoms with Gasteiger partial charge in [-0.3, -0.25) is 10.2 Å². The Kier molecular flexibility index (Phi) is 5.53. The molecule has 0 aromatic heterocycles. The standard InChI is InChI=1S/C22H21ClN4O/c1-13-7-14(2)19(8-18(13)20(10-25)21(23)26)22(28)27-11-17(12-27)16-5-3-15(9-24)4-6-16/h3-8,10,17,26H,11-12,25H2,1-2H3/b20-10-,26-21?. The van der Waals surface area contributed by atoms with E-state index in [4.69, 9.17) is 28.0 Å². The number of allylic oxidation sites excluding steroid dienone is 1. The highest BCUT2D eigenvalue weighted by Crippen LogP contribution is 2.31. The first kappa shape index (κ1) is 19.7. The molecule has 1 heterocycles. The predicted octanol–water partition coefficient (Wildman–Crippen LogP) is 3.93. The summed E-state index contributed by atoms with van der Waals surface area (Å²) in [6.07, 6.45) is 1.30. The molecule has 3 rings (SSSR count). The number of hydrogen-bond donors (Lipinski definition) is 2. The number of likely N-dealkylation sites (tertiary alicyclic amines) is 1. The molecule has 0 saturated carbocycles. The molecule has 0 aliphatic carbocycles. The second-order valence-electron chi connectivity index (χ2n) is 7.02. The highest BCUT2D eigenvalue weighted by Gasteiger charge is 2.33. The third-order valence-electron chi connectivity index (χ3n) is 5.18. The summed E-state index contributed by atoms with van der Waals surface area (Å²) in [6, 6.07) is 13.3. The average molecular weight is 393 g/mol. The fraction of sp³-hybridized carbons (Fsp3) is 0.227. The van der Waals surface area contributed by atoms with Crippen LogP contribution >= 0.6 is 11.6 Å². The fourth-order valence-electron chi connectivity index (χ4n) is 3.51. The number of nitrogens with one attached hydrogen (secondary N) is 1. The number of benzene rings is 2. The average Bonchev–Trinajstić information content (AvgIpc) is 2.63. The van der Waals surface area contributed by atoms with Crippen LogP contribution < -0.4 is 5.73 Å². The molecule has 1 fully saturated rings. The molecule has 142 valence electrons. The molecule has 2 aromatic rings. The number of nitriles is 1. The largest absolute Gasteiger partial charge is 0.404 e. The molecule has 1 amide bonds. The van der Waals surface area contributed by atoms with Gasteiger partial charge in [-0.25, -0.2) is 0 Å². The lowest BCUT2D eigenvalue weighted by Gasteiger charge is -2.40. The molecule has 1 saturated heterocycles. The topological polar surface area (TPSA) is 94.0 Å². The van der Waals surface area contributed by atoms with Crippen molar-refractivity contribution in [3.8, 4) is 6.07 Å². The van der Waals surface area contributed by atoms with Crippen molar-refractivity contribution in [1.82, 2.24) is 4.90 Å². The molecule has 6 heteroatoms. The van der Waals surface area contributed by atoms with Crippen LogP contribution in [0.1, 0.15) is 44.1 Å². The zero-order valence-corrected chi connectivity index (χ0v) is 16.5. The van der Waals surface area contributed by atoms with Crippen molar-refractivity contribution in [2.45, 2.75) is 19.8 Å². The van der Waals surface area contributed by atoms with Gasteiger partial charge in [0.05, 0.1) is 11.6 Å². The highest BCUT2D eigenvalue weighted by molar-refractivity contribution is 6.75. The van der Waals surface area contributed by atoms with E-state index >= 15 is 0 Å². The Labute approximate surface area is 169 Å². The number of carbonyl (C=O) groups is 1. The second-order valence-corrected chi connectivity index (χ2v) is 7.40. The van der Waals surface area contributed by atoms with Gasteiger partial charge in [-0.05, 0) is 54.3 Å². The van der Waals surface area contributed by atoms with Gasteiger partial charge in [-0.2, -0.15) is 5.26 Å². The lowest BCUT2D eigenvalue weighted by Crippen LogP contribution is -2.48. The summed E-state index contributed by atoms with van der Waals surface area (Å²) in [7, 11) is 0. The molecular formula is C22H21ClN4O. The minimum Gasteiger partial charge on any atom is -0.404 e. The molecule has 1 aliphatic rings. The number of halogens is 1. The Morgan fingerprint density at radius 1 is 1.21 bits per heavy atom. The Morgan fingerprint density at radius 3 is 2.36 bits per heavy atom. The van der Waals surface area contributed by atoms with Gasteiger partial charge in [0.15, 0.2) is 0 Å². The van der Waals surface area contributed by atoms with Gasteiger partial charge in [0, 0.05) is 36.3 Å². The molecule has 1 aliphatic heterocycles. The maximum Gasteiger partial charge on any atom is 0.254 e. The molecule has 0 atom stereocenters. The Bertz CT molecular complexity index is 1010. The van der Waals surface area contributed by atoms with Crippen molar-refractivity contribution in [2.75, 3.05) is 13.1 Å². The van der Waals surface area contributed by atoms with Gasteiger partial charge in [0.1, 0.15) is 5.17 Å². The highest BCUT2D eigenvalue weighted by atomic mass is 35.5. The number of nitrogens with zero attached hydrogens (tertiary/aromatic N) is 2. The molecule has 3 N–H and O–H groups in total. The zero-order valence-electron chi connectivity index (χ0n) is 15.8. The number of amides is 1. The Hall–Kier alpha value is -3.10. The molecule has 0 bridgehead atoms. The summed E-state index contributed by atoms with van der Waals surface area (Å²) < 4.78 is 0. The maximum atomic E-state index is 13.0. The van der Waals surface area contributed by atoms with Crippen molar-refractivity contribution < 1.29 is 4.79 Å². The van der Waals surface area contributed by atoms with Crippen molar-refractivity contribution in [1.29, 1.82) is 10.7 Å². The molecular weight excluding hydrogens is 372 g/mol. The van der Waals surface area contributed by atoms with Gasteiger partial charge in [-0.1, -0.05) is 29.8 Å². The quantitative estimate of drug-likeness (QED) is 0.772. The van der Waals surface area contributed by atoms with E-state index in [1.807, 2.05) is 36.9 Å². The Balaban J connectivity index is 1.80. The van der Waals surface area contributed by atoms with E-state index in [0.29, 0.717) is 35.4 Å². The van der Waals surface area contributed by atoms with Crippen LogP contribution in [0.25, 0.3) is 5.57 Å². The number of nitrogens with two attached hydrogens (primary N) is 1. The normalized spacial score (nSPS) is 14.4. The molecule has 5 nitrogen and oxygen atoms in total. The SMILES string of the molecule is Cc1cc(C)c(/C(=C/N)C(=N)Cl)cc1C(=O)N1CC(c2ccc(C#N)cc2)C1. The van der Waals surface area contributed by atoms with Gasteiger partial charge in [0.2, 0.25) is 0 Å². The van der Waals surface area contributed by atoms with Crippen LogP contribution in [0, 0.1) is 30.6 Å². The van der Waals surface area contributed by atoms with Crippen molar-refractivity contribution >= 4 is 28.3 Å². The van der Waals surface area contributed by atoms with Gasteiger partial charge < -0.3 is 10.6 Å². The summed E-state index contributed by atoms with van der Waals surface area (Å²) in [5.74, 6) is 0.235. The number of carbonyl (C=O) groups excluding carboxylic acids is 1. The van der Waals surface area contributed by atoms with Crippen LogP contribution in [0.2, 0.25) is 0 Å². The summed E-state index contributed by atoms with van der Waals surface area (Å²) in [4.78, 5) is 14.8. The van der Waals surface area contributed by atoms with Gasteiger partial charge in [0.25, 0.3) is 5.91 Å². The molecule has 2 aromatic carbocycles. The number of hydrogen-bond acceptors (Lipinski definition) is 4. The summed E-state index contributed by atoms with van der Waals surface area (Å²) >= 11 is 5.85. The van der Waals surface area contributed by atoms with Crippen LogP contribution in [-0.4, -0.2) is 29.1 Å². The van der Waals surface area contributed by atoms with Gasteiger partial charge in [-0.15, -0.1) is 0 Å². The minimum absolute atomic E-state index is 0.0406. The molecule has 28 heavy (non-hydrogen) atoms. The fourth-order valence-corrected chi connectivity index (χ4v) is 3.67. The van der Waals surface area contributed by atoms with Crippen molar-refractivity contribution in [2.24, 2.45) is 5.73 Å². The number of rotatable bonds is 4. The van der Waals surface area contributed by atoms with E-state index < -0.39 is 0 Å². The first-order chi connectivity index (χ1) is 13.3. The minimum atomic E-state index is -0.155. The van der Waals surface area contributed by atoms with E-state index in [0.717, 1.165) is 16.7 Å². The van der Waals surface area contributed by atoms with Crippen LogP contribution in [0.15, 0.2) is 42.6 Å². The molecule has 0 unspecified atom stereocenters. The van der Waals surface area contributed by atoms with E-state index in [9.17, 15) is 4.79 Å². The zero-order chi connectivity index (χ0) is 20.4. The van der Waals surface area contributed by atoms with E-state index in [1.165, 1.54) is 6.20 Å². The van der Waals surface area contributed by atoms with Crippen molar-refractivity contribution in [3.63, 3.8) is 0 Å². The monoisotopic (exact) mass is 392 g/mol. The van der Waals surface area contributed by atoms with Crippen LogP contribution in [0.3, 0.4) is 0 Å². The van der Waals surface area contributed by atoms with Crippen molar-refractivity contribution in [3.05, 3.63) is 76.0 Å². The summed E-state index contributed by atoms with van der Waals surface area (Å²) in [6.45, 7) is 5.08.